The summed E-state index contributed by atoms with van der Waals surface area (Å²) >= 11 is 0. The van der Waals surface area contributed by atoms with Crippen LogP contribution in [0.4, 0.5) is 5.69 Å². The second kappa shape index (κ2) is 5.94. The minimum absolute atomic E-state index is 0.0425. The average Bonchev–Trinajstić information content (AvgIpc) is 2.41. The minimum Gasteiger partial charge on any atom is -0.379 e. The molecular weight excluding hydrogens is 250 g/mol. The number of aryl methyl sites for hydroxylation is 1. The first-order valence-corrected chi connectivity index (χ1v) is 6.23. The van der Waals surface area contributed by atoms with Gasteiger partial charge in [0.05, 0.1) is 24.3 Å². The molecule has 1 aromatic heterocycles. The maximum atomic E-state index is 11.9. The summed E-state index contributed by atoms with van der Waals surface area (Å²) in [5.41, 5.74) is 0.189. The molecule has 0 atom stereocenters. The molecule has 0 saturated carbocycles. The van der Waals surface area contributed by atoms with Crippen molar-refractivity contribution in [2.45, 2.75) is 13.5 Å². The highest BCUT2D eigenvalue weighted by molar-refractivity contribution is 5.30. The van der Waals surface area contributed by atoms with Gasteiger partial charge < -0.3 is 9.30 Å². The summed E-state index contributed by atoms with van der Waals surface area (Å²) in [6.07, 6.45) is 1.32. The molecule has 0 radical (unpaired) electrons. The Morgan fingerprint density at radius 2 is 2.05 bits per heavy atom. The topological polar surface area (TPSA) is 77.6 Å². The molecule has 19 heavy (non-hydrogen) atoms. The van der Waals surface area contributed by atoms with Gasteiger partial charge in [-0.2, -0.15) is 0 Å². The molecule has 0 N–H and O–H groups in total. The van der Waals surface area contributed by atoms with Gasteiger partial charge in [0, 0.05) is 37.8 Å². The zero-order valence-corrected chi connectivity index (χ0v) is 10.9. The van der Waals surface area contributed by atoms with Crippen LogP contribution in [0.3, 0.4) is 0 Å². The van der Waals surface area contributed by atoms with Crippen LogP contribution < -0.4 is 5.56 Å². The largest absolute Gasteiger partial charge is 0.379 e. The Morgan fingerprint density at radius 3 is 2.68 bits per heavy atom. The lowest BCUT2D eigenvalue weighted by molar-refractivity contribution is -0.385. The first-order chi connectivity index (χ1) is 9.08. The molecule has 1 saturated heterocycles. The van der Waals surface area contributed by atoms with Crippen LogP contribution in [0, 0.1) is 17.0 Å². The first-order valence-electron chi connectivity index (χ1n) is 6.23. The summed E-state index contributed by atoms with van der Waals surface area (Å²) in [4.78, 5) is 24.4. The number of morpholine rings is 1. The number of nitro groups is 1. The standard InChI is InChI=1S/C12H17N3O4/c1-10-8-11(15(17)18)9-14(12(10)16)3-2-13-4-6-19-7-5-13/h8-9H,2-7H2,1H3. The van der Waals surface area contributed by atoms with Crippen LogP contribution in [0.15, 0.2) is 17.1 Å². The lowest BCUT2D eigenvalue weighted by Crippen LogP contribution is -2.39. The third-order valence-corrected chi connectivity index (χ3v) is 3.22. The Balaban J connectivity index is 2.10. The smallest absolute Gasteiger partial charge is 0.286 e. The molecular formula is C12H17N3O4. The highest BCUT2D eigenvalue weighted by Crippen LogP contribution is 2.09. The quantitative estimate of drug-likeness (QED) is 0.583. The molecule has 0 amide bonds. The van der Waals surface area contributed by atoms with Crippen molar-refractivity contribution < 1.29 is 9.66 Å². The molecule has 104 valence electrons. The number of nitrogens with zero attached hydrogens (tertiary/aromatic N) is 3. The number of hydrogen-bond donors (Lipinski definition) is 0. The highest BCUT2D eigenvalue weighted by atomic mass is 16.6. The van der Waals surface area contributed by atoms with Gasteiger partial charge in [-0.05, 0) is 6.92 Å². The van der Waals surface area contributed by atoms with E-state index in [2.05, 4.69) is 4.90 Å². The van der Waals surface area contributed by atoms with Crippen molar-refractivity contribution in [3.63, 3.8) is 0 Å². The molecule has 1 aliphatic heterocycles. The van der Waals surface area contributed by atoms with Crippen molar-refractivity contribution in [3.8, 4) is 0 Å². The van der Waals surface area contributed by atoms with E-state index < -0.39 is 4.92 Å². The van der Waals surface area contributed by atoms with Gasteiger partial charge in [-0.15, -0.1) is 0 Å². The van der Waals surface area contributed by atoms with Crippen LogP contribution in [0.1, 0.15) is 5.56 Å². The predicted octanol–water partition coefficient (Wildman–Crippen LogP) is 0.397. The maximum absolute atomic E-state index is 11.9. The van der Waals surface area contributed by atoms with Crippen LogP contribution in [0.25, 0.3) is 0 Å². The Hall–Kier alpha value is -1.73. The summed E-state index contributed by atoms with van der Waals surface area (Å²) in [6.45, 7) is 5.82. The van der Waals surface area contributed by atoms with E-state index in [4.69, 9.17) is 4.74 Å². The molecule has 0 unspecified atom stereocenters. The van der Waals surface area contributed by atoms with E-state index >= 15 is 0 Å². The lowest BCUT2D eigenvalue weighted by Gasteiger charge is -2.26. The van der Waals surface area contributed by atoms with E-state index in [0.29, 0.717) is 31.9 Å². The summed E-state index contributed by atoms with van der Waals surface area (Å²) < 4.78 is 6.67. The molecule has 2 rings (SSSR count). The molecule has 0 bridgehead atoms. The van der Waals surface area contributed by atoms with Crippen molar-refractivity contribution in [2.75, 3.05) is 32.8 Å². The van der Waals surface area contributed by atoms with Gasteiger partial charge in [-0.1, -0.05) is 0 Å². The van der Waals surface area contributed by atoms with Crippen LogP contribution >= 0.6 is 0 Å². The van der Waals surface area contributed by atoms with Crippen molar-refractivity contribution in [1.82, 2.24) is 9.47 Å². The second-order valence-corrected chi connectivity index (χ2v) is 4.59. The first kappa shape index (κ1) is 13.7. The molecule has 0 aliphatic carbocycles. The number of aromatic nitrogens is 1. The normalized spacial score (nSPS) is 16.5. The third-order valence-electron chi connectivity index (χ3n) is 3.22. The van der Waals surface area contributed by atoms with E-state index in [-0.39, 0.29) is 11.2 Å². The molecule has 1 aromatic rings. The third kappa shape index (κ3) is 3.39. The van der Waals surface area contributed by atoms with Gasteiger partial charge in [-0.3, -0.25) is 19.8 Å². The summed E-state index contributed by atoms with van der Waals surface area (Å²) in [5.74, 6) is 0. The van der Waals surface area contributed by atoms with Gasteiger partial charge in [0.2, 0.25) is 0 Å². The zero-order valence-electron chi connectivity index (χ0n) is 10.9. The fourth-order valence-corrected chi connectivity index (χ4v) is 2.11. The average molecular weight is 267 g/mol. The fourth-order valence-electron chi connectivity index (χ4n) is 2.11. The maximum Gasteiger partial charge on any atom is 0.286 e. The molecule has 0 aromatic carbocycles. The van der Waals surface area contributed by atoms with E-state index in [1.54, 1.807) is 6.92 Å². The Bertz CT molecular complexity index is 520. The van der Waals surface area contributed by atoms with Crippen LogP contribution in [-0.4, -0.2) is 47.2 Å². The van der Waals surface area contributed by atoms with Crippen molar-refractivity contribution in [3.05, 3.63) is 38.3 Å². The van der Waals surface area contributed by atoms with Gasteiger partial charge in [0.1, 0.15) is 0 Å². The van der Waals surface area contributed by atoms with Gasteiger partial charge >= 0.3 is 0 Å². The minimum atomic E-state index is -0.475. The van der Waals surface area contributed by atoms with E-state index in [1.165, 1.54) is 16.8 Å². The van der Waals surface area contributed by atoms with Gasteiger partial charge in [0.25, 0.3) is 11.2 Å². The van der Waals surface area contributed by atoms with E-state index in [0.717, 1.165) is 13.1 Å². The Kier molecular flexibility index (Phi) is 4.28. The molecule has 0 spiro atoms. The Labute approximate surface area is 110 Å². The van der Waals surface area contributed by atoms with Gasteiger partial charge in [0.15, 0.2) is 0 Å². The van der Waals surface area contributed by atoms with Crippen molar-refractivity contribution in [1.29, 1.82) is 0 Å². The number of pyridine rings is 1. The molecule has 1 fully saturated rings. The lowest BCUT2D eigenvalue weighted by atomic mass is 10.3. The number of hydrogen-bond acceptors (Lipinski definition) is 5. The molecule has 1 aliphatic rings. The number of rotatable bonds is 4. The van der Waals surface area contributed by atoms with Crippen LogP contribution in [0.5, 0.6) is 0 Å². The van der Waals surface area contributed by atoms with Gasteiger partial charge in [-0.25, -0.2) is 0 Å². The van der Waals surface area contributed by atoms with E-state index in [9.17, 15) is 14.9 Å². The van der Waals surface area contributed by atoms with Crippen molar-refractivity contribution in [2.24, 2.45) is 0 Å². The molecule has 7 nitrogen and oxygen atoms in total. The SMILES string of the molecule is Cc1cc([N+](=O)[O-])cn(CCN2CCOCC2)c1=O. The van der Waals surface area contributed by atoms with E-state index in [1.807, 2.05) is 0 Å². The zero-order chi connectivity index (χ0) is 13.8. The van der Waals surface area contributed by atoms with Crippen LogP contribution in [-0.2, 0) is 11.3 Å². The number of ether oxygens (including phenoxy) is 1. The fraction of sp³-hybridized carbons (Fsp3) is 0.583. The highest BCUT2D eigenvalue weighted by Gasteiger charge is 2.13. The molecule has 7 heteroatoms. The summed E-state index contributed by atoms with van der Waals surface area (Å²) in [7, 11) is 0. The predicted molar refractivity (Wildman–Crippen MR) is 69.4 cm³/mol. The Morgan fingerprint density at radius 1 is 1.37 bits per heavy atom. The second-order valence-electron chi connectivity index (χ2n) is 4.59. The summed E-state index contributed by atoms with van der Waals surface area (Å²) in [6, 6.07) is 1.31. The summed E-state index contributed by atoms with van der Waals surface area (Å²) in [5, 5.41) is 10.8. The van der Waals surface area contributed by atoms with Crippen molar-refractivity contribution >= 4 is 5.69 Å². The van der Waals surface area contributed by atoms with Crippen LogP contribution in [0.2, 0.25) is 0 Å². The molecule has 2 heterocycles. The monoisotopic (exact) mass is 267 g/mol.